The van der Waals surface area contributed by atoms with Crippen molar-refractivity contribution in [1.29, 1.82) is 0 Å². The maximum Gasteiger partial charge on any atom is 0.310 e. The molecular formula is C14H17FN2O3. The number of carbonyl (C=O) groups excluding carboxylic acids is 2. The van der Waals surface area contributed by atoms with Crippen LogP contribution in [0.2, 0.25) is 0 Å². The normalized spacial score (nSPS) is 18.7. The van der Waals surface area contributed by atoms with Crippen LogP contribution in [-0.4, -0.2) is 41.5 Å². The SMILES string of the molecule is CCOC(=O)C1CCCN(C(=O)c2cncc(F)c2)C1. The lowest BCUT2D eigenvalue weighted by atomic mass is 9.97. The average Bonchev–Trinajstić information content (AvgIpc) is 2.47. The molecule has 0 aromatic carbocycles. The average molecular weight is 280 g/mol. The summed E-state index contributed by atoms with van der Waals surface area (Å²) in [6, 6.07) is 1.16. The van der Waals surface area contributed by atoms with Crippen LogP contribution in [0.3, 0.4) is 0 Å². The summed E-state index contributed by atoms with van der Waals surface area (Å²) in [6.07, 6.45) is 3.83. The Kier molecular flexibility index (Phi) is 4.65. The molecule has 0 aliphatic carbocycles. The lowest BCUT2D eigenvalue weighted by molar-refractivity contribution is -0.149. The highest BCUT2D eigenvalue weighted by atomic mass is 19.1. The third-order valence-electron chi connectivity index (χ3n) is 3.28. The first-order valence-electron chi connectivity index (χ1n) is 6.68. The number of ether oxygens (including phenoxy) is 1. The van der Waals surface area contributed by atoms with E-state index < -0.39 is 5.82 Å². The number of nitrogens with zero attached hydrogens (tertiary/aromatic N) is 2. The van der Waals surface area contributed by atoms with Gasteiger partial charge in [-0.1, -0.05) is 0 Å². The predicted molar refractivity (Wildman–Crippen MR) is 69.5 cm³/mol. The fourth-order valence-electron chi connectivity index (χ4n) is 2.33. The van der Waals surface area contributed by atoms with Crippen LogP contribution >= 0.6 is 0 Å². The van der Waals surface area contributed by atoms with E-state index in [-0.39, 0.29) is 23.4 Å². The molecular weight excluding hydrogens is 263 g/mol. The highest BCUT2D eigenvalue weighted by molar-refractivity contribution is 5.94. The number of halogens is 1. The minimum Gasteiger partial charge on any atom is -0.466 e. The first-order chi connectivity index (χ1) is 9.61. The second-order valence-corrected chi connectivity index (χ2v) is 4.73. The number of likely N-dealkylation sites (tertiary alicyclic amines) is 1. The van der Waals surface area contributed by atoms with Gasteiger partial charge in [0, 0.05) is 19.3 Å². The molecule has 1 aliphatic heterocycles. The van der Waals surface area contributed by atoms with E-state index in [4.69, 9.17) is 4.74 Å². The van der Waals surface area contributed by atoms with Crippen molar-refractivity contribution in [2.75, 3.05) is 19.7 Å². The van der Waals surface area contributed by atoms with E-state index in [0.717, 1.165) is 18.7 Å². The van der Waals surface area contributed by atoms with Crippen molar-refractivity contribution in [3.8, 4) is 0 Å². The molecule has 1 fully saturated rings. The summed E-state index contributed by atoms with van der Waals surface area (Å²) in [4.78, 5) is 29.2. The molecule has 1 unspecified atom stereocenters. The van der Waals surface area contributed by atoms with Gasteiger partial charge in [-0.05, 0) is 25.8 Å². The van der Waals surface area contributed by atoms with Crippen molar-refractivity contribution < 1.29 is 18.7 Å². The molecule has 1 aliphatic rings. The lowest BCUT2D eigenvalue weighted by Gasteiger charge is -2.31. The highest BCUT2D eigenvalue weighted by Gasteiger charge is 2.29. The summed E-state index contributed by atoms with van der Waals surface area (Å²) in [5.41, 5.74) is 0.203. The van der Waals surface area contributed by atoms with Crippen LogP contribution < -0.4 is 0 Å². The van der Waals surface area contributed by atoms with E-state index in [1.54, 1.807) is 11.8 Å². The number of aromatic nitrogens is 1. The molecule has 1 aromatic heterocycles. The largest absolute Gasteiger partial charge is 0.466 e. The Hall–Kier alpha value is -1.98. The van der Waals surface area contributed by atoms with Gasteiger partial charge in [0.2, 0.25) is 0 Å². The van der Waals surface area contributed by atoms with Crippen LogP contribution in [0, 0.1) is 11.7 Å². The van der Waals surface area contributed by atoms with Gasteiger partial charge in [0.15, 0.2) is 0 Å². The summed E-state index contributed by atoms with van der Waals surface area (Å²) < 4.78 is 18.1. The monoisotopic (exact) mass is 280 g/mol. The fraction of sp³-hybridized carbons (Fsp3) is 0.500. The van der Waals surface area contributed by atoms with Gasteiger partial charge in [0.25, 0.3) is 5.91 Å². The number of esters is 1. The Balaban J connectivity index is 2.05. The quantitative estimate of drug-likeness (QED) is 0.790. The molecule has 1 saturated heterocycles. The smallest absolute Gasteiger partial charge is 0.310 e. The molecule has 0 N–H and O–H groups in total. The zero-order valence-corrected chi connectivity index (χ0v) is 11.3. The number of amides is 1. The second-order valence-electron chi connectivity index (χ2n) is 4.73. The van der Waals surface area contributed by atoms with Crippen LogP contribution in [0.5, 0.6) is 0 Å². The van der Waals surface area contributed by atoms with Gasteiger partial charge in [0.05, 0.1) is 24.3 Å². The van der Waals surface area contributed by atoms with Crippen LogP contribution in [0.1, 0.15) is 30.1 Å². The lowest BCUT2D eigenvalue weighted by Crippen LogP contribution is -2.42. The van der Waals surface area contributed by atoms with Gasteiger partial charge in [-0.25, -0.2) is 4.39 Å². The van der Waals surface area contributed by atoms with Crippen molar-refractivity contribution in [2.45, 2.75) is 19.8 Å². The first-order valence-corrected chi connectivity index (χ1v) is 6.68. The molecule has 2 heterocycles. The molecule has 1 atom stereocenters. The van der Waals surface area contributed by atoms with Crippen molar-refractivity contribution in [3.05, 3.63) is 29.8 Å². The topological polar surface area (TPSA) is 59.5 Å². The van der Waals surface area contributed by atoms with Crippen LogP contribution in [0.4, 0.5) is 4.39 Å². The molecule has 0 saturated carbocycles. The molecule has 108 valence electrons. The van der Waals surface area contributed by atoms with Crippen LogP contribution in [0.15, 0.2) is 18.5 Å². The fourth-order valence-corrected chi connectivity index (χ4v) is 2.33. The Labute approximate surface area is 116 Å². The van der Waals surface area contributed by atoms with Gasteiger partial charge >= 0.3 is 5.97 Å². The third kappa shape index (κ3) is 3.31. The zero-order valence-electron chi connectivity index (χ0n) is 11.3. The highest BCUT2D eigenvalue weighted by Crippen LogP contribution is 2.20. The van der Waals surface area contributed by atoms with Gasteiger partial charge < -0.3 is 9.64 Å². The first kappa shape index (κ1) is 14.4. The van der Waals surface area contributed by atoms with Gasteiger partial charge in [0.1, 0.15) is 5.82 Å². The van der Waals surface area contributed by atoms with Gasteiger partial charge in [-0.15, -0.1) is 0 Å². The standard InChI is InChI=1S/C14H17FN2O3/c1-2-20-14(19)10-4-3-5-17(9-10)13(18)11-6-12(15)8-16-7-11/h6-8,10H,2-5,9H2,1H3. The van der Waals surface area contributed by atoms with Crippen LogP contribution in [0.25, 0.3) is 0 Å². The number of rotatable bonds is 3. The van der Waals surface area contributed by atoms with E-state index in [1.165, 1.54) is 6.20 Å². The van der Waals surface area contributed by atoms with E-state index in [0.29, 0.717) is 26.1 Å². The Bertz CT molecular complexity index is 507. The molecule has 1 aromatic rings. The molecule has 0 spiro atoms. The number of pyridine rings is 1. The number of hydrogen-bond donors (Lipinski definition) is 0. The van der Waals surface area contributed by atoms with Crippen molar-refractivity contribution in [1.82, 2.24) is 9.88 Å². The summed E-state index contributed by atoms with van der Waals surface area (Å²) in [5.74, 6) is -1.42. The number of carbonyl (C=O) groups is 2. The zero-order chi connectivity index (χ0) is 14.5. The summed E-state index contributed by atoms with van der Waals surface area (Å²) in [5, 5.41) is 0. The van der Waals surface area contributed by atoms with E-state index in [9.17, 15) is 14.0 Å². The number of piperidine rings is 1. The van der Waals surface area contributed by atoms with Crippen LogP contribution in [-0.2, 0) is 9.53 Å². The Morgan fingerprint density at radius 3 is 3.00 bits per heavy atom. The minimum atomic E-state index is -0.546. The van der Waals surface area contributed by atoms with E-state index >= 15 is 0 Å². The number of hydrogen-bond acceptors (Lipinski definition) is 4. The van der Waals surface area contributed by atoms with E-state index in [1.807, 2.05) is 0 Å². The molecule has 0 radical (unpaired) electrons. The van der Waals surface area contributed by atoms with E-state index in [2.05, 4.69) is 4.98 Å². The maximum absolute atomic E-state index is 13.1. The summed E-state index contributed by atoms with van der Waals surface area (Å²) in [6.45, 7) is 2.96. The van der Waals surface area contributed by atoms with Crippen molar-refractivity contribution in [2.24, 2.45) is 5.92 Å². The third-order valence-corrected chi connectivity index (χ3v) is 3.28. The predicted octanol–water partition coefficient (Wildman–Crippen LogP) is 1.64. The minimum absolute atomic E-state index is 0.203. The molecule has 6 heteroatoms. The molecule has 5 nitrogen and oxygen atoms in total. The molecule has 20 heavy (non-hydrogen) atoms. The van der Waals surface area contributed by atoms with Gasteiger partial charge in [-0.2, -0.15) is 0 Å². The summed E-state index contributed by atoms with van der Waals surface area (Å²) in [7, 11) is 0. The van der Waals surface area contributed by atoms with Crippen molar-refractivity contribution >= 4 is 11.9 Å². The Morgan fingerprint density at radius 2 is 2.30 bits per heavy atom. The Morgan fingerprint density at radius 1 is 1.50 bits per heavy atom. The maximum atomic E-state index is 13.1. The summed E-state index contributed by atoms with van der Waals surface area (Å²) >= 11 is 0. The molecule has 1 amide bonds. The van der Waals surface area contributed by atoms with Gasteiger partial charge in [-0.3, -0.25) is 14.6 Å². The molecule has 2 rings (SSSR count). The van der Waals surface area contributed by atoms with Crippen molar-refractivity contribution in [3.63, 3.8) is 0 Å². The molecule has 0 bridgehead atoms. The second kappa shape index (κ2) is 6.45.